The molecule has 0 bridgehead atoms. The van der Waals surface area contributed by atoms with Gasteiger partial charge in [-0.3, -0.25) is 4.79 Å². The van der Waals surface area contributed by atoms with Crippen LogP contribution in [0.25, 0.3) is 6.08 Å². The van der Waals surface area contributed by atoms with Gasteiger partial charge < -0.3 is 9.64 Å². The molecule has 4 nitrogen and oxygen atoms in total. The first-order valence-electron chi connectivity index (χ1n) is 8.02. The summed E-state index contributed by atoms with van der Waals surface area (Å²) in [4.78, 5) is 27.7. The Morgan fingerprint density at radius 1 is 1.20 bits per heavy atom. The van der Waals surface area contributed by atoms with Gasteiger partial charge in [-0.1, -0.05) is 36.4 Å². The quantitative estimate of drug-likeness (QED) is 0.609. The number of esters is 1. The van der Waals surface area contributed by atoms with Gasteiger partial charge in [-0.2, -0.15) is 0 Å². The molecule has 2 heterocycles. The molecule has 0 spiro atoms. The number of thiophene rings is 1. The smallest absolute Gasteiger partial charge is 0.340 e. The third kappa shape index (κ3) is 3.56. The van der Waals surface area contributed by atoms with Gasteiger partial charge in [0.1, 0.15) is 0 Å². The predicted molar refractivity (Wildman–Crippen MR) is 98.9 cm³/mol. The van der Waals surface area contributed by atoms with E-state index in [2.05, 4.69) is 0 Å². The van der Waals surface area contributed by atoms with Crippen molar-refractivity contribution in [3.8, 4) is 0 Å². The van der Waals surface area contributed by atoms with Crippen molar-refractivity contribution in [3.63, 3.8) is 0 Å². The fourth-order valence-electron chi connectivity index (χ4n) is 2.90. The van der Waals surface area contributed by atoms with Gasteiger partial charge in [0, 0.05) is 17.1 Å². The van der Waals surface area contributed by atoms with E-state index in [9.17, 15) is 9.59 Å². The number of hydrogen-bond donors (Lipinski definition) is 0. The van der Waals surface area contributed by atoms with E-state index in [1.807, 2.05) is 47.8 Å². The van der Waals surface area contributed by atoms with Crippen molar-refractivity contribution in [3.05, 3.63) is 75.1 Å². The van der Waals surface area contributed by atoms with Crippen LogP contribution in [0.1, 0.15) is 17.4 Å². The Morgan fingerprint density at radius 2 is 1.96 bits per heavy atom. The van der Waals surface area contributed by atoms with Crippen LogP contribution in [-0.4, -0.2) is 30.4 Å². The second kappa shape index (κ2) is 7.49. The molecule has 0 N–H and O–H groups in total. The first-order chi connectivity index (χ1) is 12.1. The molecule has 1 aliphatic rings. The Balaban J connectivity index is 1.90. The lowest BCUT2D eigenvalue weighted by atomic mass is 10.1. The molecule has 5 heteroatoms. The molecule has 1 amide bonds. The number of carbonyl (C=O) groups is 2. The van der Waals surface area contributed by atoms with Crippen LogP contribution in [0.2, 0.25) is 0 Å². The molecule has 0 saturated carbocycles. The standard InChI is InChI=1S/C20H19NO3S/c1-14-18(20(23)24-2)17(13-16-9-6-12-25-16)19(22)21(14)11-10-15-7-4-3-5-8-15/h3-9,12-13H,10-11H2,1-2H3/b17-13-. The Kier molecular flexibility index (Phi) is 5.14. The molecule has 128 valence electrons. The van der Waals surface area contributed by atoms with Crippen LogP contribution in [0.15, 0.2) is 64.7 Å². The van der Waals surface area contributed by atoms with Crippen molar-refractivity contribution in [2.45, 2.75) is 13.3 Å². The lowest BCUT2D eigenvalue weighted by Crippen LogP contribution is -2.27. The van der Waals surface area contributed by atoms with Crippen LogP contribution >= 0.6 is 11.3 Å². The van der Waals surface area contributed by atoms with Gasteiger partial charge in [-0.05, 0) is 36.4 Å². The fraction of sp³-hybridized carbons (Fsp3) is 0.200. The van der Waals surface area contributed by atoms with E-state index in [0.29, 0.717) is 23.4 Å². The third-order valence-electron chi connectivity index (χ3n) is 4.20. The summed E-state index contributed by atoms with van der Waals surface area (Å²) in [5.41, 5.74) is 2.56. The highest BCUT2D eigenvalue weighted by Crippen LogP contribution is 2.32. The van der Waals surface area contributed by atoms with Gasteiger partial charge in [0.15, 0.2) is 0 Å². The normalized spacial score (nSPS) is 16.0. The number of carbonyl (C=O) groups excluding carboxylic acids is 2. The second-order valence-electron chi connectivity index (χ2n) is 5.72. The summed E-state index contributed by atoms with van der Waals surface area (Å²) >= 11 is 1.52. The topological polar surface area (TPSA) is 46.6 Å². The molecule has 0 fully saturated rings. The Morgan fingerprint density at radius 3 is 2.60 bits per heavy atom. The molecule has 1 aromatic heterocycles. The van der Waals surface area contributed by atoms with E-state index in [0.717, 1.165) is 16.9 Å². The molecule has 1 aliphatic heterocycles. The lowest BCUT2D eigenvalue weighted by Gasteiger charge is -2.17. The second-order valence-corrected chi connectivity index (χ2v) is 6.70. The van der Waals surface area contributed by atoms with Crippen LogP contribution in [0.5, 0.6) is 0 Å². The molecule has 25 heavy (non-hydrogen) atoms. The van der Waals surface area contributed by atoms with Crippen LogP contribution in [-0.2, 0) is 20.7 Å². The monoisotopic (exact) mass is 353 g/mol. The zero-order valence-corrected chi connectivity index (χ0v) is 15.0. The Hall–Kier alpha value is -2.66. The molecule has 3 rings (SSSR count). The minimum Gasteiger partial charge on any atom is -0.465 e. The van der Waals surface area contributed by atoms with Gasteiger partial charge in [-0.15, -0.1) is 11.3 Å². The molecular formula is C20H19NO3S. The first-order valence-corrected chi connectivity index (χ1v) is 8.90. The van der Waals surface area contributed by atoms with Crippen molar-refractivity contribution in [1.29, 1.82) is 0 Å². The summed E-state index contributed by atoms with van der Waals surface area (Å²) in [6.07, 6.45) is 2.50. The SMILES string of the molecule is COC(=O)C1=C(C)N(CCc2ccccc2)C(=O)/C1=C\c1cccs1. The molecule has 0 saturated heterocycles. The maximum Gasteiger partial charge on any atom is 0.340 e. The van der Waals surface area contributed by atoms with E-state index < -0.39 is 5.97 Å². The molecule has 2 aromatic rings. The zero-order valence-electron chi connectivity index (χ0n) is 14.2. The third-order valence-corrected chi connectivity index (χ3v) is 5.02. The highest BCUT2D eigenvalue weighted by Gasteiger charge is 2.36. The van der Waals surface area contributed by atoms with Gasteiger partial charge in [0.25, 0.3) is 5.91 Å². The summed E-state index contributed by atoms with van der Waals surface area (Å²) in [6, 6.07) is 13.8. The summed E-state index contributed by atoms with van der Waals surface area (Å²) in [6.45, 7) is 2.32. The van der Waals surface area contributed by atoms with E-state index >= 15 is 0 Å². The predicted octanol–water partition coefficient (Wildman–Crippen LogP) is 3.66. The number of hydrogen-bond acceptors (Lipinski definition) is 4. The number of methoxy groups -OCH3 is 1. The first kappa shape index (κ1) is 17.2. The molecule has 0 radical (unpaired) electrons. The minimum atomic E-state index is -0.476. The van der Waals surface area contributed by atoms with E-state index in [1.54, 1.807) is 17.9 Å². The van der Waals surface area contributed by atoms with Crippen molar-refractivity contribution >= 4 is 29.3 Å². The number of rotatable bonds is 5. The summed E-state index contributed by atoms with van der Waals surface area (Å²) in [7, 11) is 1.34. The number of benzene rings is 1. The summed E-state index contributed by atoms with van der Waals surface area (Å²) < 4.78 is 4.90. The van der Waals surface area contributed by atoms with Crippen LogP contribution in [0, 0.1) is 0 Å². The van der Waals surface area contributed by atoms with Crippen LogP contribution in [0.4, 0.5) is 0 Å². The zero-order chi connectivity index (χ0) is 17.8. The van der Waals surface area contributed by atoms with Gasteiger partial charge in [0.05, 0.1) is 18.3 Å². The maximum atomic E-state index is 12.9. The van der Waals surface area contributed by atoms with E-state index in [-0.39, 0.29) is 5.91 Å². The highest BCUT2D eigenvalue weighted by atomic mass is 32.1. The molecule has 1 aromatic carbocycles. The maximum absolute atomic E-state index is 12.9. The van der Waals surface area contributed by atoms with E-state index in [1.165, 1.54) is 18.4 Å². The molecule has 0 aliphatic carbocycles. The summed E-state index contributed by atoms with van der Waals surface area (Å²) in [5.74, 6) is -0.627. The lowest BCUT2D eigenvalue weighted by molar-refractivity contribution is -0.136. The summed E-state index contributed by atoms with van der Waals surface area (Å²) in [5, 5.41) is 1.94. The van der Waals surface area contributed by atoms with Crippen LogP contribution < -0.4 is 0 Å². The fourth-order valence-corrected chi connectivity index (χ4v) is 3.56. The van der Waals surface area contributed by atoms with Gasteiger partial charge in [-0.25, -0.2) is 4.79 Å². The number of allylic oxidation sites excluding steroid dienone is 1. The number of amides is 1. The van der Waals surface area contributed by atoms with Crippen molar-refractivity contribution in [1.82, 2.24) is 4.90 Å². The molecular weight excluding hydrogens is 334 g/mol. The van der Waals surface area contributed by atoms with Gasteiger partial charge in [0.2, 0.25) is 0 Å². The number of nitrogens with zero attached hydrogens (tertiary/aromatic N) is 1. The van der Waals surface area contributed by atoms with Crippen molar-refractivity contribution < 1.29 is 14.3 Å². The van der Waals surface area contributed by atoms with Crippen molar-refractivity contribution in [2.75, 3.05) is 13.7 Å². The number of ether oxygens (including phenoxy) is 1. The van der Waals surface area contributed by atoms with Gasteiger partial charge >= 0.3 is 5.97 Å². The Labute approximate surface area is 151 Å². The van der Waals surface area contributed by atoms with Crippen molar-refractivity contribution in [2.24, 2.45) is 0 Å². The Bertz CT molecular complexity index is 835. The largest absolute Gasteiger partial charge is 0.465 e. The molecule has 0 unspecified atom stereocenters. The van der Waals surface area contributed by atoms with E-state index in [4.69, 9.17) is 4.74 Å². The highest BCUT2D eigenvalue weighted by molar-refractivity contribution is 7.10. The molecule has 0 atom stereocenters. The average molecular weight is 353 g/mol. The average Bonchev–Trinajstić information content (AvgIpc) is 3.22. The van der Waals surface area contributed by atoms with Crippen LogP contribution in [0.3, 0.4) is 0 Å². The minimum absolute atomic E-state index is 0.151.